The van der Waals surface area contributed by atoms with E-state index in [0.717, 1.165) is 21.3 Å². The van der Waals surface area contributed by atoms with Crippen molar-refractivity contribution in [2.24, 2.45) is 0 Å². The molecule has 0 aliphatic carbocycles. The van der Waals surface area contributed by atoms with Crippen LogP contribution in [0, 0.1) is 0 Å². The lowest BCUT2D eigenvalue weighted by molar-refractivity contribution is -0.126. The third-order valence-electron chi connectivity index (χ3n) is 4.88. The molecule has 24 heavy (non-hydrogen) atoms. The lowest BCUT2D eigenvalue weighted by Gasteiger charge is -2.32. The van der Waals surface area contributed by atoms with Crippen LogP contribution in [-0.2, 0) is 15.0 Å². The molecule has 1 spiro atoms. The number of likely N-dealkylation sites (N-methyl/N-ethyl adjacent to an activating group) is 1. The molecular weight excluding hydrogens is 372 g/mol. The number of fused-ring (bicyclic) bond motifs is 4. The maximum Gasteiger partial charge on any atom is 0.242 e. The van der Waals surface area contributed by atoms with Gasteiger partial charge in [-0.3, -0.25) is 9.59 Å². The van der Waals surface area contributed by atoms with Crippen molar-refractivity contribution in [3.8, 4) is 0 Å². The van der Waals surface area contributed by atoms with E-state index < -0.39 is 5.41 Å². The highest BCUT2D eigenvalue weighted by atomic mass is 79.9. The predicted octanol–water partition coefficient (Wildman–Crippen LogP) is 2.83. The minimum absolute atomic E-state index is 0.0837. The zero-order chi connectivity index (χ0) is 17.2. The average molecular weight is 389 g/mol. The SMILES string of the molecule is CC(C)n1ncc2c1NC(=O)CC21C(=O)N(C)c2ccc(Br)cc21. The van der Waals surface area contributed by atoms with Gasteiger partial charge in [-0.2, -0.15) is 5.10 Å². The highest BCUT2D eigenvalue weighted by Gasteiger charge is 2.56. The number of amides is 2. The number of hydrogen-bond donors (Lipinski definition) is 1. The largest absolute Gasteiger partial charge is 0.314 e. The van der Waals surface area contributed by atoms with Crippen LogP contribution in [0.1, 0.15) is 37.4 Å². The van der Waals surface area contributed by atoms with Gasteiger partial charge in [-0.05, 0) is 37.6 Å². The van der Waals surface area contributed by atoms with E-state index in [9.17, 15) is 9.59 Å². The first-order valence-corrected chi connectivity index (χ1v) is 8.61. The van der Waals surface area contributed by atoms with Crippen LogP contribution in [0.3, 0.4) is 0 Å². The zero-order valence-electron chi connectivity index (χ0n) is 13.6. The fourth-order valence-corrected chi connectivity index (χ4v) is 4.15. The Morgan fingerprint density at radius 2 is 2.04 bits per heavy atom. The van der Waals surface area contributed by atoms with Crippen LogP contribution < -0.4 is 10.2 Å². The number of anilines is 2. The fraction of sp³-hybridized carbons (Fsp3) is 0.353. The minimum atomic E-state index is -1.00. The summed E-state index contributed by atoms with van der Waals surface area (Å²) in [5, 5.41) is 7.33. The van der Waals surface area contributed by atoms with Crippen LogP contribution in [-0.4, -0.2) is 28.6 Å². The molecule has 3 heterocycles. The van der Waals surface area contributed by atoms with Gasteiger partial charge in [0, 0.05) is 35.2 Å². The molecule has 2 aliphatic heterocycles. The second-order valence-electron chi connectivity index (χ2n) is 6.60. The molecule has 0 saturated carbocycles. The normalized spacial score (nSPS) is 22.1. The standard InChI is InChI=1S/C17H17BrN4O2/c1-9(2)22-15-12(8-19-22)17(7-14(23)20-15)11-6-10(18)4-5-13(11)21(3)16(17)24/h4-6,8-9H,7H2,1-3H3,(H,20,23). The van der Waals surface area contributed by atoms with E-state index in [0.29, 0.717) is 5.82 Å². The molecule has 0 saturated heterocycles. The van der Waals surface area contributed by atoms with E-state index in [1.54, 1.807) is 22.8 Å². The van der Waals surface area contributed by atoms with Crippen molar-refractivity contribution >= 4 is 39.2 Å². The van der Waals surface area contributed by atoms with Crippen LogP contribution in [0.4, 0.5) is 11.5 Å². The van der Waals surface area contributed by atoms with Gasteiger partial charge in [0.1, 0.15) is 11.2 Å². The Kier molecular flexibility index (Phi) is 3.16. The second kappa shape index (κ2) is 4.92. The van der Waals surface area contributed by atoms with E-state index in [2.05, 4.69) is 26.3 Å². The molecule has 2 aromatic rings. The van der Waals surface area contributed by atoms with E-state index >= 15 is 0 Å². The van der Waals surface area contributed by atoms with Crippen molar-refractivity contribution in [3.05, 3.63) is 40.0 Å². The van der Waals surface area contributed by atoms with E-state index in [4.69, 9.17) is 0 Å². The Balaban J connectivity index is 2.05. The van der Waals surface area contributed by atoms with Crippen molar-refractivity contribution in [2.45, 2.75) is 31.7 Å². The second-order valence-corrected chi connectivity index (χ2v) is 7.52. The Hall–Kier alpha value is -2.15. The summed E-state index contributed by atoms with van der Waals surface area (Å²) in [6, 6.07) is 5.83. The van der Waals surface area contributed by atoms with Crippen LogP contribution in [0.25, 0.3) is 0 Å². The summed E-state index contributed by atoms with van der Waals surface area (Å²) in [7, 11) is 1.75. The van der Waals surface area contributed by atoms with E-state index in [1.165, 1.54) is 0 Å². The number of hydrogen-bond acceptors (Lipinski definition) is 3. The first kappa shape index (κ1) is 15.4. The first-order valence-electron chi connectivity index (χ1n) is 7.82. The topological polar surface area (TPSA) is 67.2 Å². The van der Waals surface area contributed by atoms with Gasteiger partial charge in [0.2, 0.25) is 11.8 Å². The summed E-state index contributed by atoms with van der Waals surface area (Å²) in [4.78, 5) is 27.3. The van der Waals surface area contributed by atoms with Gasteiger partial charge in [-0.1, -0.05) is 15.9 Å². The van der Waals surface area contributed by atoms with Gasteiger partial charge in [0.15, 0.2) is 0 Å². The zero-order valence-corrected chi connectivity index (χ0v) is 15.2. The van der Waals surface area contributed by atoms with Gasteiger partial charge in [0.25, 0.3) is 0 Å². The average Bonchev–Trinajstić information content (AvgIpc) is 3.03. The maximum atomic E-state index is 13.2. The molecule has 0 radical (unpaired) electrons. The molecule has 1 aromatic heterocycles. The van der Waals surface area contributed by atoms with Gasteiger partial charge in [0.05, 0.1) is 6.20 Å². The summed E-state index contributed by atoms with van der Waals surface area (Å²) in [5.74, 6) is 0.366. The highest BCUT2D eigenvalue weighted by molar-refractivity contribution is 9.10. The van der Waals surface area contributed by atoms with Crippen molar-refractivity contribution < 1.29 is 9.59 Å². The van der Waals surface area contributed by atoms with Gasteiger partial charge in [-0.15, -0.1) is 0 Å². The lowest BCUT2D eigenvalue weighted by Crippen LogP contribution is -2.45. The van der Waals surface area contributed by atoms with E-state index in [-0.39, 0.29) is 24.3 Å². The van der Waals surface area contributed by atoms with Gasteiger partial charge in [-0.25, -0.2) is 4.68 Å². The summed E-state index contributed by atoms with van der Waals surface area (Å²) in [5.41, 5.74) is 1.45. The van der Waals surface area contributed by atoms with Gasteiger partial charge < -0.3 is 10.2 Å². The maximum absolute atomic E-state index is 13.2. The van der Waals surface area contributed by atoms with Crippen LogP contribution in [0.2, 0.25) is 0 Å². The number of rotatable bonds is 1. The molecule has 2 aliphatic rings. The fourth-order valence-electron chi connectivity index (χ4n) is 3.79. The number of benzene rings is 1. The molecule has 1 atom stereocenters. The number of nitrogens with one attached hydrogen (secondary N) is 1. The first-order chi connectivity index (χ1) is 11.4. The number of aromatic nitrogens is 2. The molecule has 6 nitrogen and oxygen atoms in total. The van der Waals surface area contributed by atoms with Crippen molar-refractivity contribution in [1.82, 2.24) is 9.78 Å². The van der Waals surface area contributed by atoms with Crippen molar-refractivity contribution in [3.63, 3.8) is 0 Å². The molecular formula is C17H17BrN4O2. The predicted molar refractivity (Wildman–Crippen MR) is 94.2 cm³/mol. The molecule has 2 amide bonds. The molecule has 1 aromatic carbocycles. The summed E-state index contributed by atoms with van der Waals surface area (Å²) in [6.45, 7) is 3.99. The Bertz CT molecular complexity index is 889. The molecule has 0 fully saturated rings. The van der Waals surface area contributed by atoms with Crippen LogP contribution in [0.5, 0.6) is 0 Å². The third-order valence-corrected chi connectivity index (χ3v) is 5.37. The van der Waals surface area contributed by atoms with Crippen molar-refractivity contribution in [2.75, 3.05) is 17.3 Å². The number of carbonyl (C=O) groups is 2. The summed E-state index contributed by atoms with van der Waals surface area (Å²) < 4.78 is 2.64. The van der Waals surface area contributed by atoms with Gasteiger partial charge >= 0.3 is 0 Å². The Morgan fingerprint density at radius 1 is 1.29 bits per heavy atom. The monoisotopic (exact) mass is 388 g/mol. The quantitative estimate of drug-likeness (QED) is 0.816. The Morgan fingerprint density at radius 3 is 2.75 bits per heavy atom. The molecule has 1 N–H and O–H groups in total. The number of carbonyl (C=O) groups excluding carboxylic acids is 2. The lowest BCUT2D eigenvalue weighted by atomic mass is 9.72. The number of nitrogens with zero attached hydrogens (tertiary/aromatic N) is 3. The highest BCUT2D eigenvalue weighted by Crippen LogP contribution is 2.52. The third kappa shape index (κ3) is 1.79. The molecule has 4 rings (SSSR count). The van der Waals surface area contributed by atoms with Crippen LogP contribution >= 0.6 is 15.9 Å². The molecule has 7 heteroatoms. The smallest absolute Gasteiger partial charge is 0.242 e. The molecule has 1 unspecified atom stereocenters. The minimum Gasteiger partial charge on any atom is -0.314 e. The summed E-state index contributed by atoms with van der Waals surface area (Å²) in [6.07, 6.45) is 1.81. The van der Waals surface area contributed by atoms with E-state index in [1.807, 2.05) is 32.0 Å². The Labute approximate surface area is 148 Å². The molecule has 124 valence electrons. The van der Waals surface area contributed by atoms with Crippen molar-refractivity contribution in [1.29, 1.82) is 0 Å². The summed E-state index contributed by atoms with van der Waals surface area (Å²) >= 11 is 3.49. The number of halogens is 1. The van der Waals surface area contributed by atoms with Crippen LogP contribution in [0.15, 0.2) is 28.9 Å². The molecule has 0 bridgehead atoms.